The van der Waals surface area contributed by atoms with E-state index in [1.165, 1.54) is 11.1 Å². The summed E-state index contributed by atoms with van der Waals surface area (Å²) in [4.78, 5) is 4.72. The third-order valence-corrected chi connectivity index (χ3v) is 10.0. The molecule has 0 saturated heterocycles. The van der Waals surface area contributed by atoms with Gasteiger partial charge in [0, 0.05) is 24.7 Å². The molecule has 0 fully saturated rings. The average molecular weight is 685 g/mol. The maximum atomic E-state index is 6.55. The van der Waals surface area contributed by atoms with Crippen LogP contribution in [0.4, 0.5) is 0 Å². The molecule has 4 aromatic rings. The Labute approximate surface area is 295 Å². The summed E-state index contributed by atoms with van der Waals surface area (Å²) in [6.45, 7) is 1.80. The molecule has 4 aromatic carbocycles. The zero-order valence-electron chi connectivity index (χ0n) is 30.5. The smallest absolute Gasteiger partial charge is 0.203 e. The number of hydrogen-bond acceptors (Lipinski definition) is 10. The summed E-state index contributed by atoms with van der Waals surface area (Å²) < 4.78 is 46.7. The Balaban J connectivity index is 1.31. The first kappa shape index (κ1) is 35.0. The van der Waals surface area contributed by atoms with Gasteiger partial charge >= 0.3 is 0 Å². The molecule has 0 aromatic heterocycles. The molecule has 0 N–H and O–H groups in total. The number of ether oxygens (including phenoxy) is 8. The van der Waals surface area contributed by atoms with Crippen molar-refractivity contribution in [2.45, 2.75) is 31.3 Å². The van der Waals surface area contributed by atoms with Gasteiger partial charge in [0.1, 0.15) is 5.75 Å². The van der Waals surface area contributed by atoms with Crippen LogP contribution in [0.2, 0.25) is 0 Å². The molecule has 0 radical (unpaired) electrons. The molecule has 0 amide bonds. The largest absolute Gasteiger partial charge is 0.493 e. The van der Waals surface area contributed by atoms with Gasteiger partial charge in [-0.1, -0.05) is 12.1 Å². The van der Waals surface area contributed by atoms with Crippen LogP contribution in [0.15, 0.2) is 54.6 Å². The Morgan fingerprint density at radius 2 is 1.14 bits per heavy atom. The summed E-state index contributed by atoms with van der Waals surface area (Å²) in [6, 6.07) is 18.7. The van der Waals surface area contributed by atoms with Crippen molar-refractivity contribution in [2.75, 3.05) is 77.0 Å². The Hall–Kier alpha value is -4.80. The van der Waals surface area contributed by atoms with Crippen molar-refractivity contribution in [3.05, 3.63) is 88.0 Å². The van der Waals surface area contributed by atoms with Gasteiger partial charge in [-0.15, -0.1) is 0 Å². The Kier molecular flexibility index (Phi) is 10.5. The molecule has 10 heteroatoms. The zero-order valence-corrected chi connectivity index (χ0v) is 30.5. The van der Waals surface area contributed by atoms with Gasteiger partial charge < -0.3 is 37.9 Å². The fourth-order valence-corrected chi connectivity index (χ4v) is 7.49. The first-order valence-corrected chi connectivity index (χ1v) is 16.8. The van der Waals surface area contributed by atoms with Crippen LogP contribution in [0.1, 0.15) is 45.5 Å². The number of benzene rings is 4. The van der Waals surface area contributed by atoms with Crippen LogP contribution in [0.5, 0.6) is 51.7 Å². The van der Waals surface area contributed by atoms with Crippen LogP contribution in [-0.4, -0.2) is 86.8 Å². The Bertz CT molecular complexity index is 1830. The molecule has 2 atom stereocenters. The van der Waals surface area contributed by atoms with Crippen molar-refractivity contribution < 1.29 is 37.9 Å². The van der Waals surface area contributed by atoms with Crippen molar-refractivity contribution in [3.63, 3.8) is 0 Å². The molecule has 2 aliphatic heterocycles. The molecule has 50 heavy (non-hydrogen) atoms. The van der Waals surface area contributed by atoms with E-state index >= 15 is 0 Å². The van der Waals surface area contributed by atoms with Crippen molar-refractivity contribution in [1.82, 2.24) is 9.80 Å². The van der Waals surface area contributed by atoms with E-state index in [1.807, 2.05) is 24.3 Å². The highest BCUT2D eigenvalue weighted by Crippen LogP contribution is 2.48. The summed E-state index contributed by atoms with van der Waals surface area (Å²) in [5, 5.41) is 0. The van der Waals surface area contributed by atoms with Crippen LogP contribution in [0.3, 0.4) is 0 Å². The molecule has 0 unspecified atom stereocenters. The number of methoxy groups -OCH3 is 7. The Morgan fingerprint density at radius 3 is 1.78 bits per heavy atom. The van der Waals surface area contributed by atoms with Crippen LogP contribution >= 0.6 is 0 Å². The SMILES string of the molecule is COc1cc2c(cc1OC)[C@H](c1ccc(Oc3cc(C[C@H]4c5cc(OC)c(OC)c(OC)c5CCN4C)cc(OC)c3OC)cc1)N(C)CC2. The number of fused-ring (bicyclic) bond motifs is 2. The number of hydrogen-bond donors (Lipinski definition) is 0. The van der Waals surface area contributed by atoms with E-state index in [0.29, 0.717) is 40.9 Å². The van der Waals surface area contributed by atoms with Crippen molar-refractivity contribution in [2.24, 2.45) is 0 Å². The lowest BCUT2D eigenvalue weighted by molar-refractivity contribution is 0.223. The minimum Gasteiger partial charge on any atom is -0.493 e. The molecule has 6 rings (SSSR count). The maximum absolute atomic E-state index is 6.55. The van der Waals surface area contributed by atoms with Gasteiger partial charge in [-0.25, -0.2) is 0 Å². The zero-order chi connectivity index (χ0) is 35.5. The number of likely N-dealkylation sites (N-methyl/N-ethyl adjacent to an activating group) is 2. The molecular weight excluding hydrogens is 636 g/mol. The highest BCUT2D eigenvalue weighted by atomic mass is 16.5. The molecule has 0 aliphatic carbocycles. The summed E-state index contributed by atoms with van der Waals surface area (Å²) >= 11 is 0. The third kappa shape index (κ3) is 6.45. The van der Waals surface area contributed by atoms with E-state index in [0.717, 1.165) is 65.4 Å². The van der Waals surface area contributed by atoms with Crippen LogP contribution in [0, 0.1) is 0 Å². The molecule has 0 bridgehead atoms. The second-order valence-corrected chi connectivity index (χ2v) is 12.7. The van der Waals surface area contributed by atoms with Gasteiger partial charge in [0.25, 0.3) is 0 Å². The molecular formula is C40H48N2O8. The van der Waals surface area contributed by atoms with E-state index in [9.17, 15) is 0 Å². The van der Waals surface area contributed by atoms with Gasteiger partial charge in [0.15, 0.2) is 34.5 Å². The predicted octanol–water partition coefficient (Wildman–Crippen LogP) is 6.89. The fourth-order valence-electron chi connectivity index (χ4n) is 7.49. The topological polar surface area (TPSA) is 80.3 Å². The van der Waals surface area contributed by atoms with Gasteiger partial charge in [0.05, 0.1) is 55.8 Å². The summed E-state index contributed by atoms with van der Waals surface area (Å²) in [6.07, 6.45) is 2.48. The Morgan fingerprint density at radius 1 is 0.560 bits per heavy atom. The fraction of sp³-hybridized carbons (Fsp3) is 0.400. The van der Waals surface area contributed by atoms with E-state index in [4.69, 9.17) is 37.9 Å². The second kappa shape index (κ2) is 15.0. The van der Waals surface area contributed by atoms with Gasteiger partial charge in [0.2, 0.25) is 11.5 Å². The van der Waals surface area contributed by atoms with E-state index in [-0.39, 0.29) is 12.1 Å². The molecule has 2 heterocycles. The normalized spacial score (nSPS) is 17.3. The van der Waals surface area contributed by atoms with Crippen LogP contribution < -0.4 is 37.9 Å². The van der Waals surface area contributed by atoms with E-state index in [2.05, 4.69) is 54.2 Å². The predicted molar refractivity (Wildman–Crippen MR) is 193 cm³/mol. The first-order chi connectivity index (χ1) is 24.3. The summed E-state index contributed by atoms with van der Waals surface area (Å²) in [7, 11) is 15.9. The lowest BCUT2D eigenvalue weighted by Gasteiger charge is -2.36. The van der Waals surface area contributed by atoms with E-state index in [1.54, 1.807) is 49.8 Å². The minimum absolute atomic E-state index is 0.0478. The monoisotopic (exact) mass is 684 g/mol. The standard InChI is InChI=1S/C40H48N2O8/c1-41-17-15-28-30(23-35(46-6)40(49-9)38(28)47-7)31(41)18-24-19-34(45-5)39(48-8)36(20-24)50-27-12-10-25(11-13-27)37-29-22-33(44-4)32(43-3)21-26(29)14-16-42(37)2/h10-13,19-23,31,37H,14-18H2,1-9H3/t31-,37-/m0/s1. The van der Waals surface area contributed by atoms with Gasteiger partial charge in [-0.05, 0) is 104 Å². The summed E-state index contributed by atoms with van der Waals surface area (Å²) in [5.74, 6) is 5.87. The average Bonchev–Trinajstić information content (AvgIpc) is 3.14. The van der Waals surface area contributed by atoms with Crippen molar-refractivity contribution in [1.29, 1.82) is 0 Å². The molecule has 2 aliphatic rings. The first-order valence-electron chi connectivity index (χ1n) is 16.8. The second-order valence-electron chi connectivity index (χ2n) is 12.7. The third-order valence-electron chi connectivity index (χ3n) is 10.0. The molecule has 266 valence electrons. The number of rotatable bonds is 12. The van der Waals surface area contributed by atoms with E-state index < -0.39 is 0 Å². The summed E-state index contributed by atoms with van der Waals surface area (Å²) in [5.41, 5.74) is 6.96. The van der Waals surface area contributed by atoms with Gasteiger partial charge in [-0.3, -0.25) is 9.80 Å². The van der Waals surface area contributed by atoms with Crippen molar-refractivity contribution in [3.8, 4) is 51.7 Å². The molecule has 10 nitrogen and oxygen atoms in total. The van der Waals surface area contributed by atoms with Crippen LogP contribution in [-0.2, 0) is 19.3 Å². The highest BCUT2D eigenvalue weighted by Gasteiger charge is 2.32. The van der Waals surface area contributed by atoms with Crippen molar-refractivity contribution >= 4 is 0 Å². The molecule has 0 spiro atoms. The number of nitrogens with zero attached hydrogens (tertiary/aromatic N) is 2. The quantitative estimate of drug-likeness (QED) is 0.158. The minimum atomic E-state index is 0.0478. The lowest BCUT2D eigenvalue weighted by atomic mass is 9.87. The highest BCUT2D eigenvalue weighted by molar-refractivity contribution is 5.61. The van der Waals surface area contributed by atoms with Crippen LogP contribution in [0.25, 0.3) is 0 Å². The lowest BCUT2D eigenvalue weighted by Crippen LogP contribution is -2.33. The molecule has 0 saturated carbocycles. The maximum Gasteiger partial charge on any atom is 0.203 e. The van der Waals surface area contributed by atoms with Gasteiger partial charge in [-0.2, -0.15) is 0 Å².